The number of ether oxygens (including phenoxy) is 1. The van der Waals surface area contributed by atoms with Gasteiger partial charge in [-0.2, -0.15) is 0 Å². The summed E-state index contributed by atoms with van der Waals surface area (Å²) >= 11 is 0. The zero-order valence-electron chi connectivity index (χ0n) is 9.58. The van der Waals surface area contributed by atoms with Crippen molar-refractivity contribution in [2.24, 2.45) is 0 Å². The van der Waals surface area contributed by atoms with E-state index in [0.717, 1.165) is 6.07 Å². The van der Waals surface area contributed by atoms with Crippen LogP contribution < -0.4 is 4.74 Å². The topological polar surface area (TPSA) is 69.4 Å². The molecule has 5 nitrogen and oxygen atoms in total. The molecule has 0 saturated heterocycles. The average Bonchev–Trinajstić information content (AvgIpc) is 2.41. The Morgan fingerprint density at radius 3 is 2.63 bits per heavy atom. The molecule has 19 heavy (non-hydrogen) atoms. The van der Waals surface area contributed by atoms with E-state index >= 15 is 0 Å². The summed E-state index contributed by atoms with van der Waals surface area (Å²) in [5.41, 5.74) is 0.0336. The molecule has 0 aliphatic rings. The van der Waals surface area contributed by atoms with Gasteiger partial charge in [0.2, 0.25) is 0 Å². The summed E-state index contributed by atoms with van der Waals surface area (Å²) < 4.78 is 18.8. The molecule has 0 aliphatic carbocycles. The predicted molar refractivity (Wildman–Crippen MR) is 65.0 cm³/mol. The van der Waals surface area contributed by atoms with Crippen LogP contribution in [0.5, 0.6) is 11.5 Å². The van der Waals surface area contributed by atoms with Gasteiger partial charge in [-0.25, -0.2) is 4.39 Å². The van der Waals surface area contributed by atoms with E-state index in [1.807, 2.05) is 0 Å². The molecule has 0 radical (unpaired) electrons. The number of carbonyl (C=O) groups excluding carboxylic acids is 1. The van der Waals surface area contributed by atoms with Gasteiger partial charge in [0.15, 0.2) is 11.6 Å². The summed E-state index contributed by atoms with van der Waals surface area (Å²) in [6.45, 7) is 0. The lowest BCUT2D eigenvalue weighted by molar-refractivity contribution is -0.384. The molecule has 0 saturated carbocycles. The van der Waals surface area contributed by atoms with Crippen molar-refractivity contribution >= 4 is 12.0 Å². The van der Waals surface area contributed by atoms with E-state index in [4.69, 9.17) is 4.74 Å². The number of aldehydes is 1. The van der Waals surface area contributed by atoms with Crippen molar-refractivity contribution in [2.75, 3.05) is 0 Å². The molecule has 6 heteroatoms. The molecule has 0 heterocycles. The van der Waals surface area contributed by atoms with E-state index in [1.54, 1.807) is 0 Å². The molecule has 0 atom stereocenters. The molecule has 2 aromatic rings. The summed E-state index contributed by atoms with van der Waals surface area (Å²) in [4.78, 5) is 20.5. The first-order valence-electron chi connectivity index (χ1n) is 5.27. The number of hydrogen-bond donors (Lipinski definition) is 0. The highest BCUT2D eigenvalue weighted by molar-refractivity contribution is 5.75. The van der Waals surface area contributed by atoms with Gasteiger partial charge in [0.1, 0.15) is 12.0 Å². The van der Waals surface area contributed by atoms with Crippen molar-refractivity contribution < 1.29 is 18.8 Å². The largest absolute Gasteiger partial charge is 0.454 e. The van der Waals surface area contributed by atoms with Gasteiger partial charge in [-0.05, 0) is 24.3 Å². The number of nitrogens with zero attached hydrogens (tertiary/aromatic N) is 1. The minimum atomic E-state index is -0.712. The lowest BCUT2D eigenvalue weighted by atomic mass is 10.2. The minimum absolute atomic E-state index is 0.105. The molecule has 2 rings (SSSR count). The van der Waals surface area contributed by atoms with Crippen molar-refractivity contribution in [2.45, 2.75) is 0 Å². The Hall–Kier alpha value is -2.76. The van der Waals surface area contributed by atoms with Crippen molar-refractivity contribution in [3.63, 3.8) is 0 Å². The van der Waals surface area contributed by atoms with E-state index in [1.165, 1.54) is 36.4 Å². The van der Waals surface area contributed by atoms with Crippen LogP contribution in [0.15, 0.2) is 42.5 Å². The molecule has 0 fully saturated rings. The maximum Gasteiger partial charge on any atom is 0.273 e. The molecular formula is C13H8FNO4. The van der Waals surface area contributed by atoms with Gasteiger partial charge in [-0.3, -0.25) is 14.9 Å². The number of hydrogen-bond acceptors (Lipinski definition) is 4. The lowest BCUT2D eigenvalue weighted by Crippen LogP contribution is -1.92. The quantitative estimate of drug-likeness (QED) is 0.480. The van der Waals surface area contributed by atoms with Crippen LogP contribution in [-0.4, -0.2) is 11.2 Å². The predicted octanol–water partition coefficient (Wildman–Crippen LogP) is 3.34. The number of halogens is 1. The van der Waals surface area contributed by atoms with Gasteiger partial charge in [-0.15, -0.1) is 0 Å². The van der Waals surface area contributed by atoms with Crippen molar-refractivity contribution in [1.29, 1.82) is 0 Å². The molecule has 0 unspecified atom stereocenters. The molecule has 96 valence electrons. The summed E-state index contributed by atoms with van der Waals surface area (Å²) in [6.07, 6.45) is 0.514. The molecule has 0 aromatic heterocycles. The molecule has 0 N–H and O–H groups in total. The number of benzene rings is 2. The zero-order chi connectivity index (χ0) is 13.8. The van der Waals surface area contributed by atoms with Crippen LogP contribution in [-0.2, 0) is 0 Å². The van der Waals surface area contributed by atoms with E-state index < -0.39 is 10.7 Å². The van der Waals surface area contributed by atoms with Gasteiger partial charge in [0, 0.05) is 11.6 Å². The normalized spacial score (nSPS) is 9.95. The van der Waals surface area contributed by atoms with Crippen LogP contribution >= 0.6 is 0 Å². The number of carbonyl (C=O) groups is 1. The van der Waals surface area contributed by atoms with Crippen molar-refractivity contribution in [3.05, 3.63) is 64.0 Å². The molecule has 0 aliphatic heterocycles. The second-order valence-electron chi connectivity index (χ2n) is 3.66. The third-order valence-corrected chi connectivity index (χ3v) is 2.35. The number of nitro benzene ring substituents is 1. The van der Waals surface area contributed by atoms with Crippen LogP contribution in [0.2, 0.25) is 0 Å². The Kier molecular flexibility index (Phi) is 3.51. The van der Waals surface area contributed by atoms with E-state index in [0.29, 0.717) is 6.29 Å². The third kappa shape index (κ3) is 2.92. The van der Waals surface area contributed by atoms with Crippen LogP contribution in [0.3, 0.4) is 0 Å². The Bertz CT molecular complexity index is 642. The first-order valence-corrected chi connectivity index (χ1v) is 5.27. The first kappa shape index (κ1) is 12.7. The van der Waals surface area contributed by atoms with E-state index in [2.05, 4.69) is 0 Å². The Balaban J connectivity index is 2.28. The molecule has 0 amide bonds. The van der Waals surface area contributed by atoms with Crippen LogP contribution in [0, 0.1) is 15.9 Å². The Morgan fingerprint density at radius 1 is 1.21 bits per heavy atom. The van der Waals surface area contributed by atoms with Gasteiger partial charge in [0.05, 0.1) is 11.0 Å². The molecule has 0 spiro atoms. The highest BCUT2D eigenvalue weighted by Gasteiger charge is 2.09. The van der Waals surface area contributed by atoms with Gasteiger partial charge in [0.25, 0.3) is 5.69 Å². The Morgan fingerprint density at radius 2 is 2.00 bits per heavy atom. The highest BCUT2D eigenvalue weighted by atomic mass is 19.1. The summed E-state index contributed by atoms with van der Waals surface area (Å²) in [5.74, 6) is -0.672. The van der Waals surface area contributed by atoms with Crippen molar-refractivity contribution in [3.8, 4) is 11.5 Å². The van der Waals surface area contributed by atoms with Crippen LogP contribution in [0.1, 0.15) is 10.4 Å². The number of rotatable bonds is 4. The molecule has 2 aromatic carbocycles. The minimum Gasteiger partial charge on any atom is -0.454 e. The fraction of sp³-hybridized carbons (Fsp3) is 0. The second kappa shape index (κ2) is 5.26. The highest BCUT2D eigenvalue weighted by Crippen LogP contribution is 2.27. The second-order valence-corrected chi connectivity index (χ2v) is 3.66. The Labute approximate surface area is 107 Å². The van der Waals surface area contributed by atoms with Gasteiger partial charge < -0.3 is 4.74 Å². The smallest absolute Gasteiger partial charge is 0.273 e. The van der Waals surface area contributed by atoms with Crippen LogP contribution in [0.4, 0.5) is 10.1 Å². The van der Waals surface area contributed by atoms with Crippen molar-refractivity contribution in [1.82, 2.24) is 0 Å². The molecule has 0 bridgehead atoms. The number of non-ortho nitro benzene ring substituents is 1. The van der Waals surface area contributed by atoms with Crippen LogP contribution in [0.25, 0.3) is 0 Å². The maximum absolute atomic E-state index is 13.6. The fourth-order valence-electron chi connectivity index (χ4n) is 1.46. The lowest BCUT2D eigenvalue weighted by Gasteiger charge is -2.06. The average molecular weight is 261 g/mol. The van der Waals surface area contributed by atoms with E-state index in [-0.39, 0.29) is 22.7 Å². The fourth-order valence-corrected chi connectivity index (χ4v) is 1.46. The zero-order valence-corrected chi connectivity index (χ0v) is 9.58. The van der Waals surface area contributed by atoms with Gasteiger partial charge >= 0.3 is 0 Å². The molecular weight excluding hydrogens is 253 g/mol. The van der Waals surface area contributed by atoms with Gasteiger partial charge in [-0.1, -0.05) is 6.07 Å². The SMILES string of the molecule is O=Cc1ccc(Oc2cccc([N+](=O)[O-])c2)c(F)c1. The standard InChI is InChI=1S/C13H8FNO4/c14-12-6-9(8-16)4-5-13(12)19-11-3-1-2-10(7-11)15(17)18/h1-8H. The summed E-state index contributed by atoms with van der Waals surface area (Å²) in [5, 5.41) is 10.6. The maximum atomic E-state index is 13.6. The monoisotopic (exact) mass is 261 g/mol. The van der Waals surface area contributed by atoms with E-state index in [9.17, 15) is 19.3 Å². The summed E-state index contributed by atoms with van der Waals surface area (Å²) in [7, 11) is 0. The number of nitro groups is 1. The first-order chi connectivity index (χ1) is 9.10. The third-order valence-electron chi connectivity index (χ3n) is 2.35. The summed E-state index contributed by atoms with van der Waals surface area (Å²) in [6, 6.07) is 9.11.